The van der Waals surface area contributed by atoms with Crippen molar-refractivity contribution in [2.45, 2.75) is 13.1 Å². The molecule has 0 bridgehead atoms. The van der Waals surface area contributed by atoms with Gasteiger partial charge >= 0.3 is 0 Å². The van der Waals surface area contributed by atoms with E-state index in [1.807, 2.05) is 0 Å². The van der Waals surface area contributed by atoms with Crippen LogP contribution in [0.5, 0.6) is 0 Å². The summed E-state index contributed by atoms with van der Waals surface area (Å²) in [6, 6.07) is 61.6. The third-order valence-electron chi connectivity index (χ3n) is 12.0. The van der Waals surface area contributed by atoms with Crippen LogP contribution in [0.2, 0.25) is 13.1 Å². The Hall–Kier alpha value is -6.82. The first-order valence-corrected chi connectivity index (χ1v) is 22.0. The molecule has 5 heteroatoms. The highest BCUT2D eigenvalue weighted by molar-refractivity contribution is 7.05. The van der Waals surface area contributed by atoms with Gasteiger partial charge in [0.15, 0.2) is 0 Å². The number of hydrogen-bond acceptors (Lipinski definition) is 2. The number of benzene rings is 8. The molecule has 4 heterocycles. The largest absolute Gasteiger partial charge is 0.309 e. The summed E-state index contributed by atoms with van der Waals surface area (Å²) in [4.78, 5) is 11.5. The van der Waals surface area contributed by atoms with Crippen molar-refractivity contribution < 1.29 is 0 Å². The zero-order valence-corrected chi connectivity index (χ0v) is 31.5. The molecule has 0 saturated carbocycles. The molecule has 4 nitrogen and oxygen atoms in total. The fourth-order valence-corrected chi connectivity index (χ4v) is 13.0. The average molecular weight is 719 g/mol. The zero-order valence-electron chi connectivity index (χ0n) is 30.5. The lowest BCUT2D eigenvalue weighted by Crippen LogP contribution is -2.51. The van der Waals surface area contributed by atoms with Crippen LogP contribution < -0.4 is 10.5 Å². The number of nitrogens with zero attached hydrogens (tertiary/aromatic N) is 4. The average Bonchev–Trinajstić information content (AvgIpc) is 3.84. The molecule has 0 fully saturated rings. The third-order valence-corrected chi connectivity index (χ3v) is 15.4. The van der Waals surface area contributed by atoms with E-state index in [4.69, 9.17) is 9.97 Å². The summed E-state index contributed by atoms with van der Waals surface area (Å²) >= 11 is 0. The fourth-order valence-electron chi connectivity index (χ4n) is 9.73. The van der Waals surface area contributed by atoms with Crippen molar-refractivity contribution in [3.05, 3.63) is 170 Å². The molecule has 258 valence electrons. The Bertz CT molecular complexity index is 3360. The first-order valence-electron chi connectivity index (χ1n) is 19.0. The second kappa shape index (κ2) is 11.1. The molecule has 0 aliphatic carbocycles. The molecule has 3 aromatic heterocycles. The van der Waals surface area contributed by atoms with Crippen LogP contribution in [-0.2, 0) is 0 Å². The van der Waals surface area contributed by atoms with Crippen LogP contribution in [0.15, 0.2) is 170 Å². The lowest BCUT2D eigenvalue weighted by molar-refractivity contribution is 1.01. The van der Waals surface area contributed by atoms with Crippen molar-refractivity contribution in [1.82, 2.24) is 19.1 Å². The Labute approximate surface area is 318 Å². The maximum absolute atomic E-state index is 5.73. The molecule has 0 N–H and O–H groups in total. The van der Waals surface area contributed by atoms with Gasteiger partial charge in [0, 0.05) is 43.7 Å². The minimum atomic E-state index is -2.41. The molecule has 11 aromatic rings. The number of aromatic nitrogens is 4. The molecular formula is C50H34N4Si. The van der Waals surface area contributed by atoms with E-state index in [-0.39, 0.29) is 0 Å². The van der Waals surface area contributed by atoms with Gasteiger partial charge in [-0.3, -0.25) is 4.57 Å². The van der Waals surface area contributed by atoms with Gasteiger partial charge in [0.2, 0.25) is 5.95 Å². The summed E-state index contributed by atoms with van der Waals surface area (Å²) in [5.41, 5.74) is 10.3. The van der Waals surface area contributed by atoms with Crippen molar-refractivity contribution in [3.63, 3.8) is 0 Å². The van der Waals surface area contributed by atoms with E-state index in [0.717, 1.165) is 33.9 Å². The van der Waals surface area contributed by atoms with Crippen LogP contribution in [0.4, 0.5) is 0 Å². The molecule has 8 aromatic carbocycles. The second-order valence-electron chi connectivity index (χ2n) is 15.4. The Balaban J connectivity index is 1.24. The van der Waals surface area contributed by atoms with Crippen LogP contribution in [-0.4, -0.2) is 27.2 Å². The predicted molar refractivity (Wildman–Crippen MR) is 233 cm³/mol. The molecule has 1 aliphatic heterocycles. The van der Waals surface area contributed by atoms with Gasteiger partial charge in [0.1, 0.15) is 8.07 Å². The lowest BCUT2D eigenvalue weighted by atomic mass is 9.91. The molecule has 0 atom stereocenters. The monoisotopic (exact) mass is 718 g/mol. The van der Waals surface area contributed by atoms with Gasteiger partial charge in [0.25, 0.3) is 0 Å². The standard InChI is InChI=1S/C50H34N4Si/c1-55(2)48-39-24-9-7-19-34(39)33-18-6-8-23-38(33)45(48)46-47(51-50(52-49(46)55)54-42-26-14-10-20-35(42)36-21-11-15-27-43(36)54)31-28-29-44-40(30-31)37-22-12-13-25-41(37)53(44)32-16-4-3-5-17-32/h3-30H,1-2H3. The summed E-state index contributed by atoms with van der Waals surface area (Å²) in [7, 11) is -2.41. The van der Waals surface area contributed by atoms with E-state index in [9.17, 15) is 0 Å². The minimum absolute atomic E-state index is 0.722. The maximum Gasteiger partial charge on any atom is 0.235 e. The lowest BCUT2D eigenvalue weighted by Gasteiger charge is -2.21. The van der Waals surface area contributed by atoms with Crippen LogP contribution in [0, 0.1) is 0 Å². The summed E-state index contributed by atoms with van der Waals surface area (Å²) in [6.07, 6.45) is 0. The Kier molecular flexibility index (Phi) is 6.18. The quantitative estimate of drug-likeness (QED) is 0.135. The van der Waals surface area contributed by atoms with Crippen molar-refractivity contribution >= 4 is 83.7 Å². The molecule has 55 heavy (non-hydrogen) atoms. The normalized spacial score (nSPS) is 13.4. The number of fused-ring (bicyclic) bond motifs is 14. The van der Waals surface area contributed by atoms with Crippen molar-refractivity contribution in [2.75, 3.05) is 0 Å². The summed E-state index contributed by atoms with van der Waals surface area (Å²) in [5.74, 6) is 0.722. The first-order chi connectivity index (χ1) is 27.1. The molecule has 1 aliphatic rings. The van der Waals surface area contributed by atoms with E-state index < -0.39 is 8.07 Å². The smallest absolute Gasteiger partial charge is 0.235 e. The van der Waals surface area contributed by atoms with Crippen molar-refractivity contribution in [2.24, 2.45) is 0 Å². The Morgan fingerprint density at radius 2 is 0.891 bits per heavy atom. The number of rotatable bonds is 3. The molecule has 0 radical (unpaired) electrons. The SMILES string of the molecule is C[Si]1(C)c2nc(-n3c4ccccc4c4ccccc43)nc(-c3ccc4c(c3)c3ccccc3n4-c3ccccc3)c2-c2c1c1ccccc1c1ccccc21. The van der Waals surface area contributed by atoms with Gasteiger partial charge in [-0.1, -0.05) is 140 Å². The highest BCUT2D eigenvalue weighted by atomic mass is 28.3. The van der Waals surface area contributed by atoms with E-state index in [0.29, 0.717) is 0 Å². The van der Waals surface area contributed by atoms with E-state index in [1.54, 1.807) is 0 Å². The van der Waals surface area contributed by atoms with Gasteiger partial charge in [-0.15, -0.1) is 0 Å². The summed E-state index contributed by atoms with van der Waals surface area (Å²) in [6.45, 7) is 4.98. The first kappa shape index (κ1) is 30.6. The van der Waals surface area contributed by atoms with Crippen LogP contribution >= 0.6 is 0 Å². The van der Waals surface area contributed by atoms with Gasteiger partial charge in [-0.25, -0.2) is 9.97 Å². The van der Waals surface area contributed by atoms with Crippen LogP contribution in [0.3, 0.4) is 0 Å². The predicted octanol–water partition coefficient (Wildman–Crippen LogP) is 11.4. The fraction of sp³-hybridized carbons (Fsp3) is 0.0400. The van der Waals surface area contributed by atoms with Crippen molar-refractivity contribution in [3.8, 4) is 34.0 Å². The molecular weight excluding hydrogens is 685 g/mol. The molecule has 0 spiro atoms. The highest BCUT2D eigenvalue weighted by Gasteiger charge is 2.44. The summed E-state index contributed by atoms with van der Waals surface area (Å²) in [5, 5.41) is 12.7. The summed E-state index contributed by atoms with van der Waals surface area (Å²) < 4.78 is 4.67. The zero-order chi connectivity index (χ0) is 36.4. The maximum atomic E-state index is 5.73. The van der Waals surface area contributed by atoms with E-state index in [2.05, 4.69) is 192 Å². The second-order valence-corrected chi connectivity index (χ2v) is 19.6. The Morgan fingerprint density at radius 1 is 0.400 bits per heavy atom. The third kappa shape index (κ3) is 4.10. The van der Waals surface area contributed by atoms with Crippen molar-refractivity contribution in [1.29, 1.82) is 0 Å². The molecule has 0 saturated heterocycles. The van der Waals surface area contributed by atoms with E-state index in [1.165, 1.54) is 75.8 Å². The minimum Gasteiger partial charge on any atom is -0.309 e. The molecule has 0 unspecified atom stereocenters. The van der Waals surface area contributed by atoms with Gasteiger partial charge in [-0.05, 0) is 74.8 Å². The van der Waals surface area contributed by atoms with E-state index >= 15 is 0 Å². The van der Waals surface area contributed by atoms with Gasteiger partial charge < -0.3 is 4.57 Å². The number of hydrogen-bond donors (Lipinski definition) is 0. The van der Waals surface area contributed by atoms with Crippen LogP contribution in [0.25, 0.3) is 99.2 Å². The number of para-hydroxylation sites is 4. The molecule has 12 rings (SSSR count). The van der Waals surface area contributed by atoms with Crippen LogP contribution in [0.1, 0.15) is 0 Å². The highest BCUT2D eigenvalue weighted by Crippen LogP contribution is 2.44. The van der Waals surface area contributed by atoms with Gasteiger partial charge in [-0.2, -0.15) is 0 Å². The molecule has 0 amide bonds. The topological polar surface area (TPSA) is 35.6 Å². The Morgan fingerprint density at radius 3 is 1.55 bits per heavy atom. The van der Waals surface area contributed by atoms with Gasteiger partial charge in [0.05, 0.1) is 27.8 Å².